The first-order chi connectivity index (χ1) is 15.9. The van der Waals surface area contributed by atoms with E-state index < -0.39 is 0 Å². The van der Waals surface area contributed by atoms with Gasteiger partial charge in [0.15, 0.2) is 11.6 Å². The molecule has 0 saturated carbocycles. The standard InChI is InChI=1S/C25H26Cl2N4O2/c1-30-9-11-31(12-10-30)25(32)18-5-2-4-17(14-18)19-15-23(24(28)29-16-19)33-13-8-20-21(26)6-3-7-22(20)27/h2-7,14-16H,8-13H2,1H3,(H2,28,29). The Morgan fingerprint density at radius 1 is 1.03 bits per heavy atom. The van der Waals surface area contributed by atoms with Crippen molar-refractivity contribution in [3.63, 3.8) is 0 Å². The summed E-state index contributed by atoms with van der Waals surface area (Å²) in [5.41, 5.74) is 9.23. The lowest BCUT2D eigenvalue weighted by Gasteiger charge is -2.32. The van der Waals surface area contributed by atoms with Crippen LogP contribution in [0, 0.1) is 0 Å². The van der Waals surface area contributed by atoms with Crippen LogP contribution in [0.4, 0.5) is 5.82 Å². The van der Waals surface area contributed by atoms with E-state index in [9.17, 15) is 4.79 Å². The maximum Gasteiger partial charge on any atom is 0.253 e. The smallest absolute Gasteiger partial charge is 0.253 e. The molecule has 33 heavy (non-hydrogen) atoms. The summed E-state index contributed by atoms with van der Waals surface area (Å²) in [6.07, 6.45) is 2.23. The predicted octanol–water partition coefficient (Wildman–Crippen LogP) is 4.65. The van der Waals surface area contributed by atoms with E-state index in [0.29, 0.717) is 40.2 Å². The summed E-state index contributed by atoms with van der Waals surface area (Å²) >= 11 is 12.5. The van der Waals surface area contributed by atoms with Crippen LogP contribution in [0.2, 0.25) is 10.0 Å². The molecular formula is C25H26Cl2N4O2. The Morgan fingerprint density at radius 2 is 1.73 bits per heavy atom. The van der Waals surface area contributed by atoms with E-state index in [1.807, 2.05) is 41.3 Å². The fourth-order valence-electron chi connectivity index (χ4n) is 3.79. The fourth-order valence-corrected chi connectivity index (χ4v) is 4.37. The molecule has 3 aromatic rings. The molecule has 0 bridgehead atoms. The number of anilines is 1. The van der Waals surface area contributed by atoms with Crippen LogP contribution in [0.25, 0.3) is 11.1 Å². The second-order valence-corrected chi connectivity index (χ2v) is 8.90. The van der Waals surface area contributed by atoms with E-state index in [4.69, 9.17) is 33.7 Å². The van der Waals surface area contributed by atoms with Gasteiger partial charge in [0.05, 0.1) is 6.61 Å². The lowest BCUT2D eigenvalue weighted by atomic mass is 10.0. The SMILES string of the molecule is CN1CCN(C(=O)c2cccc(-c3cnc(N)c(OCCc4c(Cl)cccc4Cl)c3)c2)CC1. The Labute approximate surface area is 203 Å². The number of nitrogen functional groups attached to an aromatic ring is 1. The van der Waals surface area contributed by atoms with Crippen LogP contribution in [0.1, 0.15) is 15.9 Å². The number of hydrogen-bond acceptors (Lipinski definition) is 5. The Kier molecular flexibility index (Phi) is 7.38. The number of nitrogens with zero attached hydrogens (tertiary/aromatic N) is 3. The summed E-state index contributed by atoms with van der Waals surface area (Å²) in [5, 5.41) is 1.21. The number of likely N-dealkylation sites (N-methyl/N-ethyl adjacent to an activating group) is 1. The minimum atomic E-state index is 0.0430. The van der Waals surface area contributed by atoms with Crippen molar-refractivity contribution in [3.05, 3.63) is 75.9 Å². The number of ether oxygens (including phenoxy) is 1. The molecule has 1 fully saturated rings. The van der Waals surface area contributed by atoms with Crippen LogP contribution in [0.15, 0.2) is 54.7 Å². The third kappa shape index (κ3) is 5.58. The highest BCUT2D eigenvalue weighted by Gasteiger charge is 2.20. The summed E-state index contributed by atoms with van der Waals surface area (Å²) < 4.78 is 5.91. The van der Waals surface area contributed by atoms with E-state index in [2.05, 4.69) is 16.9 Å². The largest absolute Gasteiger partial charge is 0.489 e. The van der Waals surface area contributed by atoms with Gasteiger partial charge in [0, 0.05) is 60.0 Å². The van der Waals surface area contributed by atoms with Crippen LogP contribution in [0.5, 0.6) is 5.75 Å². The van der Waals surface area contributed by atoms with Gasteiger partial charge in [0.1, 0.15) is 0 Å². The molecule has 2 aromatic carbocycles. The van der Waals surface area contributed by atoms with Crippen molar-refractivity contribution in [1.82, 2.24) is 14.8 Å². The first-order valence-corrected chi connectivity index (χ1v) is 11.6. The molecule has 1 saturated heterocycles. The topological polar surface area (TPSA) is 71.7 Å². The molecule has 4 rings (SSSR count). The Balaban J connectivity index is 1.48. The Hall–Kier alpha value is -2.80. The summed E-state index contributed by atoms with van der Waals surface area (Å²) in [5.74, 6) is 0.821. The number of pyridine rings is 1. The third-order valence-electron chi connectivity index (χ3n) is 5.79. The normalized spacial score (nSPS) is 14.3. The van der Waals surface area contributed by atoms with Crippen LogP contribution in [-0.2, 0) is 6.42 Å². The van der Waals surface area contributed by atoms with E-state index in [-0.39, 0.29) is 5.91 Å². The Bertz CT molecular complexity index is 1130. The molecule has 172 valence electrons. The van der Waals surface area contributed by atoms with Gasteiger partial charge < -0.3 is 20.3 Å². The summed E-state index contributed by atoms with van der Waals surface area (Å²) in [7, 11) is 2.07. The summed E-state index contributed by atoms with van der Waals surface area (Å²) in [4.78, 5) is 21.4. The maximum absolute atomic E-state index is 13.0. The monoisotopic (exact) mass is 484 g/mol. The molecule has 1 aromatic heterocycles. The van der Waals surface area contributed by atoms with Crippen LogP contribution < -0.4 is 10.5 Å². The predicted molar refractivity (Wildman–Crippen MR) is 133 cm³/mol. The van der Waals surface area contributed by atoms with Crippen LogP contribution in [-0.4, -0.2) is 60.5 Å². The van der Waals surface area contributed by atoms with Crippen molar-refractivity contribution in [3.8, 4) is 16.9 Å². The number of nitrogens with two attached hydrogens (primary N) is 1. The van der Waals surface area contributed by atoms with E-state index in [1.54, 1.807) is 18.3 Å². The van der Waals surface area contributed by atoms with E-state index in [1.165, 1.54) is 0 Å². The molecule has 0 aliphatic carbocycles. The average Bonchev–Trinajstić information content (AvgIpc) is 2.82. The van der Waals surface area contributed by atoms with Gasteiger partial charge in [0.2, 0.25) is 0 Å². The number of carbonyl (C=O) groups excluding carboxylic acids is 1. The number of piperazine rings is 1. The van der Waals surface area contributed by atoms with Crippen molar-refractivity contribution in [1.29, 1.82) is 0 Å². The first-order valence-electron chi connectivity index (χ1n) is 10.8. The molecule has 0 unspecified atom stereocenters. The number of rotatable bonds is 6. The van der Waals surface area contributed by atoms with Gasteiger partial charge in [-0.25, -0.2) is 4.98 Å². The quantitative estimate of drug-likeness (QED) is 0.551. The molecule has 1 aliphatic rings. The molecule has 2 N–H and O–H groups in total. The summed E-state index contributed by atoms with van der Waals surface area (Å²) in [6, 6.07) is 14.8. The maximum atomic E-state index is 13.0. The molecule has 1 aliphatic heterocycles. The van der Waals surface area contributed by atoms with Gasteiger partial charge in [-0.2, -0.15) is 0 Å². The Morgan fingerprint density at radius 3 is 2.45 bits per heavy atom. The summed E-state index contributed by atoms with van der Waals surface area (Å²) in [6.45, 7) is 3.58. The van der Waals surface area contributed by atoms with Crippen molar-refractivity contribution < 1.29 is 9.53 Å². The van der Waals surface area contributed by atoms with Crippen molar-refractivity contribution in [2.24, 2.45) is 0 Å². The number of carbonyl (C=O) groups is 1. The van der Waals surface area contributed by atoms with Crippen molar-refractivity contribution >= 4 is 34.9 Å². The lowest BCUT2D eigenvalue weighted by molar-refractivity contribution is 0.0664. The molecule has 8 heteroatoms. The molecule has 0 spiro atoms. The third-order valence-corrected chi connectivity index (χ3v) is 6.49. The number of amides is 1. The molecule has 2 heterocycles. The number of halogens is 2. The minimum absolute atomic E-state index is 0.0430. The molecule has 0 radical (unpaired) electrons. The van der Waals surface area contributed by atoms with Gasteiger partial charge >= 0.3 is 0 Å². The highest BCUT2D eigenvalue weighted by atomic mass is 35.5. The van der Waals surface area contributed by atoms with E-state index in [0.717, 1.165) is 42.9 Å². The van der Waals surface area contributed by atoms with Gasteiger partial charge in [0.25, 0.3) is 5.91 Å². The second kappa shape index (κ2) is 10.4. The highest BCUT2D eigenvalue weighted by Crippen LogP contribution is 2.29. The molecule has 6 nitrogen and oxygen atoms in total. The number of hydrogen-bond donors (Lipinski definition) is 1. The van der Waals surface area contributed by atoms with Gasteiger partial charge in [-0.3, -0.25) is 4.79 Å². The lowest BCUT2D eigenvalue weighted by Crippen LogP contribution is -2.47. The molecule has 1 amide bonds. The van der Waals surface area contributed by atoms with Gasteiger partial charge in [-0.05, 0) is 48.5 Å². The van der Waals surface area contributed by atoms with Crippen molar-refractivity contribution in [2.45, 2.75) is 6.42 Å². The van der Waals surface area contributed by atoms with E-state index >= 15 is 0 Å². The zero-order valence-electron chi connectivity index (χ0n) is 18.4. The van der Waals surface area contributed by atoms with Gasteiger partial charge in [-0.15, -0.1) is 0 Å². The zero-order chi connectivity index (χ0) is 23.4. The fraction of sp³-hybridized carbons (Fsp3) is 0.280. The molecular weight excluding hydrogens is 459 g/mol. The van der Waals surface area contributed by atoms with Crippen LogP contribution in [0.3, 0.4) is 0 Å². The average molecular weight is 485 g/mol. The minimum Gasteiger partial charge on any atom is -0.489 e. The number of aromatic nitrogens is 1. The number of benzene rings is 2. The second-order valence-electron chi connectivity index (χ2n) is 8.08. The van der Waals surface area contributed by atoms with Crippen LogP contribution >= 0.6 is 23.2 Å². The highest BCUT2D eigenvalue weighted by molar-refractivity contribution is 6.36. The molecule has 0 atom stereocenters. The van der Waals surface area contributed by atoms with Gasteiger partial charge in [-0.1, -0.05) is 41.4 Å². The van der Waals surface area contributed by atoms with Crippen molar-refractivity contribution in [2.75, 3.05) is 45.6 Å². The zero-order valence-corrected chi connectivity index (χ0v) is 19.9. The first kappa shape index (κ1) is 23.4.